The van der Waals surface area contributed by atoms with Gasteiger partial charge in [-0.05, 0) is 23.1 Å². The normalized spacial score (nSPS) is 13.5. The molecule has 11 heteroatoms. The van der Waals surface area contributed by atoms with Gasteiger partial charge in [0, 0.05) is 25.7 Å². The van der Waals surface area contributed by atoms with Crippen LogP contribution in [0.5, 0.6) is 0 Å². The molecule has 0 saturated carbocycles. The van der Waals surface area contributed by atoms with Gasteiger partial charge >= 0.3 is 11.9 Å². The second-order valence-electron chi connectivity index (χ2n) is 10.1. The Balaban J connectivity index is 1.82. The lowest BCUT2D eigenvalue weighted by Crippen LogP contribution is -2.58. The number of aliphatic carboxylic acids is 2. The van der Waals surface area contributed by atoms with E-state index >= 15 is 0 Å². The van der Waals surface area contributed by atoms with Crippen molar-refractivity contribution in [1.82, 2.24) is 16.0 Å². The van der Waals surface area contributed by atoms with Gasteiger partial charge in [-0.3, -0.25) is 19.2 Å². The SMILES string of the molecule is NC(CCC(=O)O)C(=O)NC(Cc1ccccc1)C(=O)NC(Cc1ccccc1)C(=O)NC(Cc1ccccc1)C(=O)O. The van der Waals surface area contributed by atoms with Crippen molar-refractivity contribution in [2.24, 2.45) is 5.73 Å². The minimum absolute atomic E-state index is 0.0365. The predicted octanol–water partition coefficient (Wildman–Crippen LogP) is 1.45. The minimum atomic E-state index is -1.25. The molecule has 3 rings (SSSR count). The molecule has 43 heavy (non-hydrogen) atoms. The summed E-state index contributed by atoms with van der Waals surface area (Å²) >= 11 is 0. The van der Waals surface area contributed by atoms with Gasteiger partial charge in [0.1, 0.15) is 18.1 Å². The Morgan fingerprint density at radius 2 is 0.907 bits per heavy atom. The van der Waals surface area contributed by atoms with E-state index in [1.807, 2.05) is 0 Å². The van der Waals surface area contributed by atoms with Crippen molar-refractivity contribution in [2.75, 3.05) is 0 Å². The van der Waals surface area contributed by atoms with Crippen molar-refractivity contribution in [3.05, 3.63) is 108 Å². The quantitative estimate of drug-likeness (QED) is 0.145. The van der Waals surface area contributed by atoms with Crippen LogP contribution >= 0.6 is 0 Å². The standard InChI is InChI=1S/C32H36N4O7/c33-24(16-17-28(37)38)29(39)34-25(18-21-10-4-1-5-11-21)30(40)35-26(19-22-12-6-2-7-13-22)31(41)36-27(32(42)43)20-23-14-8-3-9-15-23/h1-15,24-27H,16-20,33H2,(H,34,39)(H,35,40)(H,36,41)(H,37,38)(H,42,43). The molecule has 0 heterocycles. The Labute approximate surface area is 249 Å². The van der Waals surface area contributed by atoms with Crippen LogP contribution in [0.25, 0.3) is 0 Å². The molecule has 0 spiro atoms. The highest BCUT2D eigenvalue weighted by Crippen LogP contribution is 2.09. The zero-order chi connectivity index (χ0) is 31.2. The summed E-state index contributed by atoms with van der Waals surface area (Å²) in [4.78, 5) is 62.9. The van der Waals surface area contributed by atoms with Gasteiger partial charge in [0.15, 0.2) is 0 Å². The molecule has 0 aromatic heterocycles. The molecule has 0 aliphatic rings. The summed E-state index contributed by atoms with van der Waals surface area (Å²) < 4.78 is 0. The summed E-state index contributed by atoms with van der Waals surface area (Å²) in [6.45, 7) is 0. The third-order valence-corrected chi connectivity index (χ3v) is 6.73. The molecule has 0 aliphatic carbocycles. The van der Waals surface area contributed by atoms with Crippen LogP contribution in [-0.2, 0) is 43.2 Å². The summed E-state index contributed by atoms with van der Waals surface area (Å²) in [5.41, 5.74) is 8.03. The van der Waals surface area contributed by atoms with Crippen LogP contribution in [0.2, 0.25) is 0 Å². The third kappa shape index (κ3) is 11.0. The van der Waals surface area contributed by atoms with Crippen molar-refractivity contribution < 1.29 is 34.2 Å². The first-order chi connectivity index (χ1) is 20.6. The van der Waals surface area contributed by atoms with Crippen LogP contribution < -0.4 is 21.7 Å². The Kier molecular flexibility index (Phi) is 12.4. The number of carboxylic acids is 2. The van der Waals surface area contributed by atoms with E-state index in [4.69, 9.17) is 10.8 Å². The molecule has 0 aliphatic heterocycles. The molecule has 0 fully saturated rings. The summed E-state index contributed by atoms with van der Waals surface area (Å²) in [5, 5.41) is 26.6. The van der Waals surface area contributed by atoms with Crippen LogP contribution in [0, 0.1) is 0 Å². The molecule has 0 radical (unpaired) electrons. The number of nitrogens with two attached hydrogens (primary N) is 1. The Hall–Kier alpha value is -5.03. The van der Waals surface area contributed by atoms with Gasteiger partial charge in [-0.1, -0.05) is 91.0 Å². The van der Waals surface area contributed by atoms with Gasteiger partial charge in [0.05, 0.1) is 6.04 Å². The van der Waals surface area contributed by atoms with Crippen LogP contribution in [0.3, 0.4) is 0 Å². The summed E-state index contributed by atoms with van der Waals surface area (Å²) in [7, 11) is 0. The summed E-state index contributed by atoms with van der Waals surface area (Å²) in [6.07, 6.45) is -0.292. The number of benzene rings is 3. The van der Waals surface area contributed by atoms with E-state index < -0.39 is 53.8 Å². The molecule has 11 nitrogen and oxygen atoms in total. The fourth-order valence-electron chi connectivity index (χ4n) is 4.40. The van der Waals surface area contributed by atoms with Crippen molar-refractivity contribution in [1.29, 1.82) is 0 Å². The van der Waals surface area contributed by atoms with E-state index in [1.165, 1.54) is 0 Å². The maximum Gasteiger partial charge on any atom is 0.326 e. The van der Waals surface area contributed by atoms with Crippen molar-refractivity contribution in [3.8, 4) is 0 Å². The van der Waals surface area contributed by atoms with Gasteiger partial charge in [-0.15, -0.1) is 0 Å². The van der Waals surface area contributed by atoms with E-state index in [-0.39, 0.29) is 32.1 Å². The molecular formula is C32H36N4O7. The molecule has 4 atom stereocenters. The summed E-state index contributed by atoms with van der Waals surface area (Å²) in [5.74, 6) is -4.44. The first kappa shape index (κ1) is 32.5. The molecule has 3 aromatic rings. The number of hydrogen-bond donors (Lipinski definition) is 6. The van der Waals surface area contributed by atoms with Gasteiger partial charge in [-0.25, -0.2) is 4.79 Å². The van der Waals surface area contributed by atoms with E-state index in [1.54, 1.807) is 91.0 Å². The predicted molar refractivity (Wildman–Crippen MR) is 159 cm³/mol. The first-order valence-corrected chi connectivity index (χ1v) is 13.9. The number of hydrogen-bond acceptors (Lipinski definition) is 6. The molecule has 0 bridgehead atoms. The minimum Gasteiger partial charge on any atom is -0.481 e. The summed E-state index contributed by atoms with van der Waals surface area (Å²) in [6, 6.07) is 21.9. The highest BCUT2D eigenvalue weighted by atomic mass is 16.4. The highest BCUT2D eigenvalue weighted by Gasteiger charge is 2.31. The fourth-order valence-corrected chi connectivity index (χ4v) is 4.40. The number of carboxylic acid groups (broad SMARTS) is 2. The Morgan fingerprint density at radius 3 is 1.28 bits per heavy atom. The van der Waals surface area contributed by atoms with Crippen molar-refractivity contribution in [3.63, 3.8) is 0 Å². The average Bonchev–Trinajstić information content (AvgIpc) is 3.00. The maximum absolute atomic E-state index is 13.6. The van der Waals surface area contributed by atoms with Crippen molar-refractivity contribution in [2.45, 2.75) is 56.3 Å². The van der Waals surface area contributed by atoms with Crippen LogP contribution in [0.4, 0.5) is 0 Å². The molecule has 0 saturated heterocycles. The number of rotatable bonds is 16. The average molecular weight is 589 g/mol. The maximum atomic E-state index is 13.6. The fraction of sp³-hybridized carbons (Fsp3) is 0.281. The van der Waals surface area contributed by atoms with Crippen LogP contribution in [0.1, 0.15) is 29.5 Å². The number of nitrogens with one attached hydrogen (secondary N) is 3. The number of amides is 3. The first-order valence-electron chi connectivity index (χ1n) is 13.9. The second-order valence-corrected chi connectivity index (χ2v) is 10.1. The number of carbonyl (C=O) groups is 5. The van der Waals surface area contributed by atoms with Gasteiger partial charge in [0.2, 0.25) is 17.7 Å². The van der Waals surface area contributed by atoms with Crippen LogP contribution in [0.15, 0.2) is 91.0 Å². The lowest BCUT2D eigenvalue weighted by molar-refractivity contribution is -0.142. The second kappa shape index (κ2) is 16.4. The number of carbonyl (C=O) groups excluding carboxylic acids is 3. The molecule has 226 valence electrons. The van der Waals surface area contributed by atoms with E-state index in [0.717, 1.165) is 11.1 Å². The van der Waals surface area contributed by atoms with Crippen LogP contribution in [-0.4, -0.2) is 64.0 Å². The Morgan fingerprint density at radius 1 is 0.558 bits per heavy atom. The lowest BCUT2D eigenvalue weighted by Gasteiger charge is -2.25. The smallest absolute Gasteiger partial charge is 0.326 e. The van der Waals surface area contributed by atoms with Crippen molar-refractivity contribution >= 4 is 29.7 Å². The molecule has 3 aromatic carbocycles. The molecule has 7 N–H and O–H groups in total. The highest BCUT2D eigenvalue weighted by molar-refractivity contribution is 5.94. The lowest BCUT2D eigenvalue weighted by atomic mass is 10.0. The molecule has 4 unspecified atom stereocenters. The Bertz CT molecular complexity index is 1370. The van der Waals surface area contributed by atoms with E-state index in [9.17, 15) is 29.1 Å². The monoisotopic (exact) mass is 588 g/mol. The largest absolute Gasteiger partial charge is 0.481 e. The molecular weight excluding hydrogens is 552 g/mol. The van der Waals surface area contributed by atoms with E-state index in [2.05, 4.69) is 16.0 Å². The van der Waals surface area contributed by atoms with Gasteiger partial charge in [-0.2, -0.15) is 0 Å². The molecule has 3 amide bonds. The third-order valence-electron chi connectivity index (χ3n) is 6.73. The zero-order valence-corrected chi connectivity index (χ0v) is 23.5. The van der Waals surface area contributed by atoms with Gasteiger partial charge < -0.3 is 31.9 Å². The van der Waals surface area contributed by atoms with E-state index in [0.29, 0.717) is 5.56 Å². The topological polar surface area (TPSA) is 188 Å². The zero-order valence-electron chi connectivity index (χ0n) is 23.5. The van der Waals surface area contributed by atoms with Gasteiger partial charge in [0.25, 0.3) is 0 Å².